The number of ether oxygens (including phenoxy) is 2. The number of hydrogen-bond acceptors (Lipinski definition) is 4. The van der Waals surface area contributed by atoms with Crippen LogP contribution in [0.25, 0.3) is 0 Å². The van der Waals surface area contributed by atoms with Crippen molar-refractivity contribution < 1.29 is 19.1 Å². The molecule has 2 atom stereocenters. The first-order valence-electron chi connectivity index (χ1n) is 14.5. The molecule has 0 saturated heterocycles. The number of esters is 2. The Kier molecular flexibility index (Phi) is 19.5. The molecule has 1 aliphatic rings. The van der Waals surface area contributed by atoms with Gasteiger partial charge in [0.05, 0.1) is 25.0 Å². The second kappa shape index (κ2) is 21.5. The summed E-state index contributed by atoms with van der Waals surface area (Å²) >= 11 is 0. The fraction of sp³-hybridized carbons (Fsp3) is 0.931. The molecule has 33 heavy (non-hydrogen) atoms. The molecule has 0 bridgehead atoms. The SMILES string of the molecule is CCCCCCCCCCCCCCOC(=O)C1CCCCC1C(=O)OCCCCCCC. The molecule has 0 N–H and O–H groups in total. The Morgan fingerprint density at radius 2 is 0.818 bits per heavy atom. The van der Waals surface area contributed by atoms with E-state index in [4.69, 9.17) is 9.47 Å². The van der Waals surface area contributed by atoms with Crippen LogP contribution in [-0.2, 0) is 19.1 Å². The molecule has 0 amide bonds. The van der Waals surface area contributed by atoms with Gasteiger partial charge in [-0.05, 0) is 25.7 Å². The molecular weight excluding hydrogens is 412 g/mol. The average Bonchev–Trinajstić information content (AvgIpc) is 2.84. The molecule has 1 aliphatic carbocycles. The molecule has 1 saturated carbocycles. The van der Waals surface area contributed by atoms with E-state index in [2.05, 4.69) is 13.8 Å². The van der Waals surface area contributed by atoms with Crippen LogP contribution in [-0.4, -0.2) is 25.2 Å². The Bertz CT molecular complexity index is 476. The van der Waals surface area contributed by atoms with Crippen molar-refractivity contribution in [1.29, 1.82) is 0 Å². The summed E-state index contributed by atoms with van der Waals surface area (Å²) in [4.78, 5) is 25.2. The van der Waals surface area contributed by atoms with Crippen molar-refractivity contribution in [2.75, 3.05) is 13.2 Å². The molecule has 4 nitrogen and oxygen atoms in total. The van der Waals surface area contributed by atoms with Crippen LogP contribution in [0.15, 0.2) is 0 Å². The van der Waals surface area contributed by atoms with Crippen molar-refractivity contribution in [1.82, 2.24) is 0 Å². The maximum absolute atomic E-state index is 12.6. The summed E-state index contributed by atoms with van der Waals surface area (Å²) in [6, 6.07) is 0. The predicted molar refractivity (Wildman–Crippen MR) is 137 cm³/mol. The Morgan fingerprint density at radius 1 is 0.515 bits per heavy atom. The van der Waals surface area contributed by atoms with Gasteiger partial charge in [-0.15, -0.1) is 0 Å². The third-order valence-corrected chi connectivity index (χ3v) is 7.11. The average molecular weight is 467 g/mol. The van der Waals surface area contributed by atoms with Crippen molar-refractivity contribution >= 4 is 11.9 Å². The van der Waals surface area contributed by atoms with Gasteiger partial charge in [0.2, 0.25) is 0 Å². The monoisotopic (exact) mass is 466 g/mol. The molecule has 4 heteroatoms. The summed E-state index contributed by atoms with van der Waals surface area (Å²) < 4.78 is 11.1. The lowest BCUT2D eigenvalue weighted by molar-refractivity contribution is -0.163. The largest absolute Gasteiger partial charge is 0.465 e. The number of hydrogen-bond donors (Lipinski definition) is 0. The zero-order chi connectivity index (χ0) is 24.0. The Morgan fingerprint density at radius 3 is 1.15 bits per heavy atom. The standard InChI is InChI=1S/C29H54O4/c1-3-5-7-9-10-11-12-13-14-15-17-21-25-33-29(31)27-23-19-18-22-26(27)28(30)32-24-20-16-8-6-4-2/h26-27H,3-25H2,1-2H3. The van der Waals surface area contributed by atoms with Gasteiger partial charge in [-0.1, -0.05) is 123 Å². The summed E-state index contributed by atoms with van der Waals surface area (Å²) in [5.41, 5.74) is 0. The van der Waals surface area contributed by atoms with Gasteiger partial charge in [0.15, 0.2) is 0 Å². The van der Waals surface area contributed by atoms with Crippen LogP contribution in [0.2, 0.25) is 0 Å². The van der Waals surface area contributed by atoms with Crippen LogP contribution in [0.1, 0.15) is 149 Å². The quantitative estimate of drug-likeness (QED) is 0.126. The minimum Gasteiger partial charge on any atom is -0.465 e. The summed E-state index contributed by atoms with van der Waals surface area (Å²) in [5.74, 6) is -0.965. The van der Waals surface area contributed by atoms with Gasteiger partial charge in [0.25, 0.3) is 0 Å². The van der Waals surface area contributed by atoms with Gasteiger partial charge in [-0.25, -0.2) is 0 Å². The van der Waals surface area contributed by atoms with Gasteiger partial charge in [-0.2, -0.15) is 0 Å². The fourth-order valence-corrected chi connectivity index (χ4v) is 4.90. The molecule has 0 heterocycles. The summed E-state index contributed by atoms with van der Waals surface area (Å²) in [5, 5.41) is 0. The third kappa shape index (κ3) is 15.5. The molecule has 0 aromatic rings. The first-order valence-corrected chi connectivity index (χ1v) is 14.5. The van der Waals surface area contributed by atoms with Gasteiger partial charge in [-0.3, -0.25) is 9.59 Å². The van der Waals surface area contributed by atoms with E-state index in [1.807, 2.05) is 0 Å². The third-order valence-electron chi connectivity index (χ3n) is 7.11. The molecular formula is C29H54O4. The highest BCUT2D eigenvalue weighted by atomic mass is 16.5. The second-order valence-corrected chi connectivity index (χ2v) is 10.1. The molecule has 0 aromatic carbocycles. The van der Waals surface area contributed by atoms with Gasteiger partial charge < -0.3 is 9.47 Å². The zero-order valence-corrected chi connectivity index (χ0v) is 22.1. The van der Waals surface area contributed by atoms with Crippen LogP contribution in [0, 0.1) is 11.8 Å². The van der Waals surface area contributed by atoms with Crippen LogP contribution in [0.5, 0.6) is 0 Å². The van der Waals surface area contributed by atoms with Crippen molar-refractivity contribution in [2.45, 2.75) is 149 Å². The summed E-state index contributed by atoms with van der Waals surface area (Å²) in [7, 11) is 0. The van der Waals surface area contributed by atoms with Crippen LogP contribution < -0.4 is 0 Å². The predicted octanol–water partition coefficient (Wildman–Crippen LogP) is 8.55. The number of rotatable bonds is 21. The van der Waals surface area contributed by atoms with Crippen molar-refractivity contribution in [3.63, 3.8) is 0 Å². The minimum atomic E-state index is -0.302. The Hall–Kier alpha value is -1.06. The van der Waals surface area contributed by atoms with E-state index in [-0.39, 0.29) is 23.8 Å². The van der Waals surface area contributed by atoms with Crippen molar-refractivity contribution in [2.24, 2.45) is 11.8 Å². The number of unbranched alkanes of at least 4 members (excludes halogenated alkanes) is 15. The lowest BCUT2D eigenvalue weighted by atomic mass is 9.79. The highest BCUT2D eigenvalue weighted by molar-refractivity contribution is 5.82. The maximum Gasteiger partial charge on any atom is 0.309 e. The maximum atomic E-state index is 12.6. The second-order valence-electron chi connectivity index (χ2n) is 10.1. The van der Waals surface area contributed by atoms with E-state index < -0.39 is 0 Å². The van der Waals surface area contributed by atoms with Crippen molar-refractivity contribution in [3.05, 3.63) is 0 Å². The van der Waals surface area contributed by atoms with E-state index >= 15 is 0 Å². The normalized spacial score (nSPS) is 18.2. The molecule has 1 rings (SSSR count). The van der Waals surface area contributed by atoms with E-state index in [1.165, 1.54) is 83.5 Å². The summed E-state index contributed by atoms with van der Waals surface area (Å²) in [6.07, 6.45) is 24.7. The topological polar surface area (TPSA) is 52.6 Å². The van der Waals surface area contributed by atoms with E-state index in [0.717, 1.165) is 51.4 Å². The van der Waals surface area contributed by atoms with Gasteiger partial charge in [0, 0.05) is 0 Å². The zero-order valence-electron chi connectivity index (χ0n) is 22.1. The van der Waals surface area contributed by atoms with Crippen LogP contribution in [0.4, 0.5) is 0 Å². The van der Waals surface area contributed by atoms with Crippen LogP contribution >= 0.6 is 0 Å². The molecule has 194 valence electrons. The van der Waals surface area contributed by atoms with Gasteiger partial charge in [0.1, 0.15) is 0 Å². The first kappa shape index (κ1) is 30.0. The highest BCUT2D eigenvalue weighted by Crippen LogP contribution is 2.32. The molecule has 0 aliphatic heterocycles. The smallest absolute Gasteiger partial charge is 0.309 e. The van der Waals surface area contributed by atoms with Crippen LogP contribution in [0.3, 0.4) is 0 Å². The molecule has 1 fully saturated rings. The minimum absolute atomic E-state index is 0.178. The lowest BCUT2D eigenvalue weighted by Crippen LogP contribution is -2.35. The molecule has 0 spiro atoms. The molecule has 0 aromatic heterocycles. The first-order chi connectivity index (χ1) is 16.2. The van der Waals surface area contributed by atoms with E-state index in [0.29, 0.717) is 13.2 Å². The summed E-state index contributed by atoms with van der Waals surface area (Å²) in [6.45, 7) is 5.44. The van der Waals surface area contributed by atoms with Crippen molar-refractivity contribution in [3.8, 4) is 0 Å². The number of carbonyl (C=O) groups is 2. The number of carbonyl (C=O) groups excluding carboxylic acids is 2. The Labute approximate surface area is 205 Å². The Balaban J connectivity index is 2.08. The van der Waals surface area contributed by atoms with E-state index in [9.17, 15) is 9.59 Å². The molecule has 2 unspecified atom stereocenters. The fourth-order valence-electron chi connectivity index (χ4n) is 4.90. The molecule has 0 radical (unpaired) electrons. The van der Waals surface area contributed by atoms with E-state index in [1.54, 1.807) is 0 Å². The highest BCUT2D eigenvalue weighted by Gasteiger charge is 2.37. The lowest BCUT2D eigenvalue weighted by Gasteiger charge is -2.28. The van der Waals surface area contributed by atoms with Gasteiger partial charge >= 0.3 is 11.9 Å².